The standard InChI is InChI=1S/C14H12ClNO4/c15-11-5-3-10(4-6-11)9-20-13(17)8-16-14(18)12-2-1-7-19-12/h1-7H,8-9H2,(H,16,18). The van der Waals surface area contributed by atoms with Crippen LogP contribution in [0.4, 0.5) is 0 Å². The number of nitrogens with one attached hydrogen (secondary N) is 1. The zero-order chi connectivity index (χ0) is 14.4. The highest BCUT2D eigenvalue weighted by molar-refractivity contribution is 6.30. The molecule has 2 rings (SSSR count). The quantitative estimate of drug-likeness (QED) is 0.860. The van der Waals surface area contributed by atoms with Crippen molar-refractivity contribution in [2.45, 2.75) is 6.61 Å². The van der Waals surface area contributed by atoms with Crippen molar-refractivity contribution >= 4 is 23.5 Å². The SMILES string of the molecule is O=C(CNC(=O)c1ccco1)OCc1ccc(Cl)cc1. The largest absolute Gasteiger partial charge is 0.460 e. The Labute approximate surface area is 120 Å². The lowest BCUT2D eigenvalue weighted by Crippen LogP contribution is -2.30. The molecule has 0 saturated heterocycles. The lowest BCUT2D eigenvalue weighted by atomic mass is 10.2. The van der Waals surface area contributed by atoms with Crippen LogP contribution in [-0.4, -0.2) is 18.4 Å². The molecule has 104 valence electrons. The first-order valence-corrected chi connectivity index (χ1v) is 6.25. The third-order valence-corrected chi connectivity index (χ3v) is 2.70. The maximum absolute atomic E-state index is 11.5. The van der Waals surface area contributed by atoms with Gasteiger partial charge in [0.1, 0.15) is 13.2 Å². The van der Waals surface area contributed by atoms with Crippen LogP contribution in [0.25, 0.3) is 0 Å². The maximum Gasteiger partial charge on any atom is 0.325 e. The average molecular weight is 294 g/mol. The van der Waals surface area contributed by atoms with Crippen molar-refractivity contribution in [2.24, 2.45) is 0 Å². The Morgan fingerprint density at radius 1 is 1.20 bits per heavy atom. The predicted octanol–water partition coefficient (Wildman–Crippen LogP) is 2.41. The van der Waals surface area contributed by atoms with Crippen LogP contribution in [-0.2, 0) is 16.1 Å². The van der Waals surface area contributed by atoms with E-state index in [-0.39, 0.29) is 18.9 Å². The van der Waals surface area contributed by atoms with Gasteiger partial charge in [0.05, 0.1) is 6.26 Å². The number of amides is 1. The third kappa shape index (κ3) is 4.13. The summed E-state index contributed by atoms with van der Waals surface area (Å²) in [5.41, 5.74) is 0.820. The Hall–Kier alpha value is -2.27. The van der Waals surface area contributed by atoms with E-state index in [0.29, 0.717) is 5.02 Å². The molecule has 0 atom stereocenters. The number of ether oxygens (including phenoxy) is 1. The van der Waals surface area contributed by atoms with E-state index in [1.54, 1.807) is 30.3 Å². The van der Waals surface area contributed by atoms with Crippen molar-refractivity contribution in [2.75, 3.05) is 6.54 Å². The molecule has 0 unspecified atom stereocenters. The van der Waals surface area contributed by atoms with E-state index in [9.17, 15) is 9.59 Å². The van der Waals surface area contributed by atoms with E-state index in [4.69, 9.17) is 20.8 Å². The van der Waals surface area contributed by atoms with Crippen LogP contribution in [0.5, 0.6) is 0 Å². The first-order valence-electron chi connectivity index (χ1n) is 5.87. The van der Waals surface area contributed by atoms with Gasteiger partial charge in [-0.15, -0.1) is 0 Å². The monoisotopic (exact) mass is 293 g/mol. The summed E-state index contributed by atoms with van der Waals surface area (Å²) in [4.78, 5) is 23.0. The molecule has 0 aliphatic carbocycles. The van der Waals surface area contributed by atoms with Crippen LogP contribution in [0.2, 0.25) is 5.02 Å². The summed E-state index contributed by atoms with van der Waals surface area (Å²) in [6, 6.07) is 10.0. The molecule has 0 spiro atoms. The fraction of sp³-hybridized carbons (Fsp3) is 0.143. The molecule has 20 heavy (non-hydrogen) atoms. The number of halogens is 1. The minimum atomic E-state index is -0.528. The summed E-state index contributed by atoms with van der Waals surface area (Å²) in [6.07, 6.45) is 1.38. The minimum absolute atomic E-state index is 0.132. The molecule has 6 heteroatoms. The number of carbonyl (C=O) groups is 2. The van der Waals surface area contributed by atoms with E-state index in [1.165, 1.54) is 12.3 Å². The predicted molar refractivity (Wildman–Crippen MR) is 72.3 cm³/mol. The van der Waals surface area contributed by atoms with Crippen molar-refractivity contribution in [3.05, 3.63) is 59.0 Å². The zero-order valence-corrected chi connectivity index (χ0v) is 11.2. The van der Waals surface area contributed by atoms with Gasteiger partial charge in [0, 0.05) is 5.02 Å². The number of rotatable bonds is 5. The van der Waals surface area contributed by atoms with Gasteiger partial charge in [0.25, 0.3) is 5.91 Å². The summed E-state index contributed by atoms with van der Waals surface area (Å²) in [6.45, 7) is -0.0836. The summed E-state index contributed by atoms with van der Waals surface area (Å²) in [5.74, 6) is -0.839. The topological polar surface area (TPSA) is 68.5 Å². The Morgan fingerprint density at radius 2 is 1.95 bits per heavy atom. The Bertz CT molecular complexity index is 578. The van der Waals surface area contributed by atoms with Gasteiger partial charge in [-0.1, -0.05) is 23.7 Å². The van der Waals surface area contributed by atoms with Crippen LogP contribution in [0.15, 0.2) is 47.1 Å². The number of carbonyl (C=O) groups excluding carboxylic acids is 2. The first-order chi connectivity index (χ1) is 9.65. The lowest BCUT2D eigenvalue weighted by molar-refractivity contribution is -0.143. The molecule has 1 heterocycles. The van der Waals surface area contributed by atoms with E-state index in [1.807, 2.05) is 0 Å². The molecular weight excluding hydrogens is 282 g/mol. The van der Waals surface area contributed by atoms with E-state index < -0.39 is 11.9 Å². The molecule has 0 saturated carbocycles. The van der Waals surface area contributed by atoms with Crippen LogP contribution in [0.1, 0.15) is 16.1 Å². The third-order valence-electron chi connectivity index (χ3n) is 2.45. The molecule has 2 aromatic rings. The fourth-order valence-electron chi connectivity index (χ4n) is 1.44. The molecule has 5 nitrogen and oxygen atoms in total. The van der Waals surface area contributed by atoms with Crippen molar-refractivity contribution in [3.63, 3.8) is 0 Å². The van der Waals surface area contributed by atoms with Crippen LogP contribution < -0.4 is 5.32 Å². The van der Waals surface area contributed by atoms with Crippen molar-refractivity contribution in [1.82, 2.24) is 5.32 Å². The van der Waals surface area contributed by atoms with Gasteiger partial charge >= 0.3 is 5.97 Å². The highest BCUT2D eigenvalue weighted by Crippen LogP contribution is 2.10. The summed E-state index contributed by atoms with van der Waals surface area (Å²) < 4.78 is 9.90. The van der Waals surface area contributed by atoms with E-state index >= 15 is 0 Å². The Morgan fingerprint density at radius 3 is 2.60 bits per heavy atom. The zero-order valence-electron chi connectivity index (χ0n) is 10.5. The van der Waals surface area contributed by atoms with Gasteiger partial charge in [-0.25, -0.2) is 0 Å². The van der Waals surface area contributed by atoms with Crippen LogP contribution >= 0.6 is 11.6 Å². The van der Waals surface area contributed by atoms with Gasteiger partial charge < -0.3 is 14.5 Å². The van der Waals surface area contributed by atoms with Crippen LogP contribution in [0.3, 0.4) is 0 Å². The molecule has 0 aliphatic heterocycles. The molecular formula is C14H12ClNO4. The summed E-state index contributed by atoms with van der Waals surface area (Å²) >= 11 is 5.74. The lowest BCUT2D eigenvalue weighted by Gasteiger charge is -2.05. The minimum Gasteiger partial charge on any atom is -0.460 e. The Kier molecular flexibility index (Phi) is 4.79. The van der Waals surface area contributed by atoms with Gasteiger partial charge in [-0.05, 0) is 29.8 Å². The highest BCUT2D eigenvalue weighted by atomic mass is 35.5. The first kappa shape index (κ1) is 14.1. The fourth-order valence-corrected chi connectivity index (χ4v) is 1.57. The maximum atomic E-state index is 11.5. The smallest absolute Gasteiger partial charge is 0.325 e. The van der Waals surface area contributed by atoms with Crippen LogP contribution in [0, 0.1) is 0 Å². The molecule has 1 aromatic heterocycles. The van der Waals surface area contributed by atoms with Gasteiger partial charge in [0.2, 0.25) is 0 Å². The van der Waals surface area contributed by atoms with Crippen molar-refractivity contribution in [3.8, 4) is 0 Å². The number of furan rings is 1. The number of esters is 1. The highest BCUT2D eigenvalue weighted by Gasteiger charge is 2.10. The number of hydrogen-bond donors (Lipinski definition) is 1. The number of benzene rings is 1. The van der Waals surface area contributed by atoms with Gasteiger partial charge in [-0.2, -0.15) is 0 Å². The molecule has 0 bridgehead atoms. The van der Waals surface area contributed by atoms with Gasteiger partial charge in [0.15, 0.2) is 5.76 Å². The second kappa shape index (κ2) is 6.77. The normalized spacial score (nSPS) is 10.1. The van der Waals surface area contributed by atoms with E-state index in [0.717, 1.165) is 5.56 Å². The Balaban J connectivity index is 1.73. The van der Waals surface area contributed by atoms with Crippen molar-refractivity contribution in [1.29, 1.82) is 0 Å². The van der Waals surface area contributed by atoms with Crippen molar-refractivity contribution < 1.29 is 18.7 Å². The number of hydrogen-bond acceptors (Lipinski definition) is 4. The molecule has 1 N–H and O–H groups in total. The molecule has 0 fully saturated rings. The molecule has 0 aliphatic rings. The molecule has 0 radical (unpaired) electrons. The van der Waals surface area contributed by atoms with E-state index in [2.05, 4.69) is 5.32 Å². The summed E-state index contributed by atoms with van der Waals surface area (Å²) in [5, 5.41) is 3.02. The molecule has 1 amide bonds. The molecule has 1 aromatic carbocycles. The average Bonchev–Trinajstić information content (AvgIpc) is 2.98. The second-order valence-electron chi connectivity index (χ2n) is 3.95. The summed E-state index contributed by atoms with van der Waals surface area (Å²) in [7, 11) is 0. The van der Waals surface area contributed by atoms with Gasteiger partial charge in [-0.3, -0.25) is 9.59 Å². The second-order valence-corrected chi connectivity index (χ2v) is 4.38.